The van der Waals surface area contributed by atoms with Crippen molar-refractivity contribution in [3.8, 4) is 0 Å². The molecule has 1 aromatic carbocycles. The number of carbonyl (C=O) groups excluding carboxylic acids is 1. The van der Waals surface area contributed by atoms with Gasteiger partial charge in [-0.1, -0.05) is 30.3 Å². The Balaban J connectivity index is 1.42. The second kappa shape index (κ2) is 5.36. The fourth-order valence-corrected chi connectivity index (χ4v) is 4.63. The van der Waals surface area contributed by atoms with Gasteiger partial charge in [0, 0.05) is 24.9 Å². The molecule has 0 aromatic heterocycles. The summed E-state index contributed by atoms with van der Waals surface area (Å²) in [7, 11) is 2.21. The second-order valence-corrected chi connectivity index (χ2v) is 7.04. The van der Waals surface area contributed by atoms with Crippen molar-refractivity contribution >= 4 is 5.97 Å². The van der Waals surface area contributed by atoms with E-state index in [4.69, 9.17) is 4.74 Å². The standard InChI is InChI=1S/C18H23NO3/c1-19-16-7-12(8-17(19)14-9-13(14)16)22-18(21)15(10-20)11-5-3-2-4-6-11/h2-6,12-17,20H,7-10H2,1H3/t12?,13-,14?,15-,16?,17?/m1/s1. The molecule has 1 saturated carbocycles. The molecule has 3 aliphatic rings. The number of hydrogen-bond donors (Lipinski definition) is 1. The van der Waals surface area contributed by atoms with Crippen LogP contribution in [0.1, 0.15) is 30.7 Å². The number of rotatable bonds is 4. The summed E-state index contributed by atoms with van der Waals surface area (Å²) in [6, 6.07) is 10.6. The number of hydrogen-bond acceptors (Lipinski definition) is 4. The second-order valence-electron chi connectivity index (χ2n) is 7.04. The lowest BCUT2D eigenvalue weighted by Crippen LogP contribution is -2.46. The van der Waals surface area contributed by atoms with Gasteiger partial charge in [0.05, 0.1) is 6.61 Å². The van der Waals surface area contributed by atoms with Gasteiger partial charge in [-0.2, -0.15) is 0 Å². The molecule has 2 heterocycles. The van der Waals surface area contributed by atoms with Crippen molar-refractivity contribution in [2.45, 2.75) is 43.4 Å². The first-order chi connectivity index (χ1) is 10.7. The number of esters is 1. The van der Waals surface area contributed by atoms with Crippen LogP contribution in [0.15, 0.2) is 30.3 Å². The average Bonchev–Trinajstić information content (AvgIpc) is 3.27. The highest BCUT2D eigenvalue weighted by atomic mass is 16.5. The lowest BCUT2D eigenvalue weighted by Gasteiger charge is -2.39. The summed E-state index contributed by atoms with van der Waals surface area (Å²) in [4.78, 5) is 14.9. The number of aliphatic hydroxyl groups is 1. The van der Waals surface area contributed by atoms with Crippen molar-refractivity contribution in [3.63, 3.8) is 0 Å². The van der Waals surface area contributed by atoms with Gasteiger partial charge in [0.15, 0.2) is 0 Å². The minimum absolute atomic E-state index is 0.0178. The highest BCUT2D eigenvalue weighted by molar-refractivity contribution is 5.78. The van der Waals surface area contributed by atoms with E-state index in [0.29, 0.717) is 12.1 Å². The summed E-state index contributed by atoms with van der Waals surface area (Å²) < 4.78 is 5.77. The molecular formula is C18H23NO3. The minimum Gasteiger partial charge on any atom is -0.462 e. The summed E-state index contributed by atoms with van der Waals surface area (Å²) in [5, 5.41) is 9.58. The molecule has 4 unspecified atom stereocenters. The van der Waals surface area contributed by atoms with Gasteiger partial charge in [0.2, 0.25) is 0 Å². The molecule has 2 aliphatic heterocycles. The van der Waals surface area contributed by atoms with Gasteiger partial charge in [-0.25, -0.2) is 0 Å². The monoisotopic (exact) mass is 301 g/mol. The third-order valence-corrected chi connectivity index (χ3v) is 5.89. The molecule has 0 spiro atoms. The first-order valence-corrected chi connectivity index (χ1v) is 8.27. The summed E-state index contributed by atoms with van der Waals surface area (Å²) >= 11 is 0. The lowest BCUT2D eigenvalue weighted by molar-refractivity contribution is -0.155. The SMILES string of the molecule is CN1C2CC(OC(=O)[C@H](CO)c3ccccc3)CC1[C@@H]1CC21. The van der Waals surface area contributed by atoms with Crippen molar-refractivity contribution < 1.29 is 14.6 Å². The molecule has 3 fully saturated rings. The Morgan fingerprint density at radius 3 is 2.45 bits per heavy atom. The third kappa shape index (κ3) is 2.25. The van der Waals surface area contributed by atoms with E-state index in [1.54, 1.807) is 0 Å². The molecule has 118 valence electrons. The fraction of sp³-hybridized carbons (Fsp3) is 0.611. The van der Waals surface area contributed by atoms with Crippen molar-refractivity contribution in [2.75, 3.05) is 13.7 Å². The normalized spacial score (nSPS) is 37.5. The van der Waals surface area contributed by atoms with Crippen LogP contribution in [0.25, 0.3) is 0 Å². The Kier molecular flexibility index (Phi) is 3.46. The molecule has 2 bridgehead atoms. The van der Waals surface area contributed by atoms with Crippen LogP contribution in [0.2, 0.25) is 0 Å². The first kappa shape index (κ1) is 14.2. The average molecular weight is 301 g/mol. The van der Waals surface area contributed by atoms with E-state index < -0.39 is 5.92 Å². The van der Waals surface area contributed by atoms with Crippen LogP contribution in [0, 0.1) is 11.8 Å². The van der Waals surface area contributed by atoms with Crippen LogP contribution in [0.4, 0.5) is 0 Å². The summed E-state index contributed by atoms with van der Waals surface area (Å²) in [5.74, 6) is 0.826. The maximum absolute atomic E-state index is 12.5. The van der Waals surface area contributed by atoms with E-state index >= 15 is 0 Å². The van der Waals surface area contributed by atoms with Gasteiger partial charge < -0.3 is 9.84 Å². The number of benzene rings is 1. The Labute approximate surface area is 131 Å². The molecule has 1 aromatic rings. The molecular weight excluding hydrogens is 278 g/mol. The van der Waals surface area contributed by atoms with Gasteiger partial charge in [0.1, 0.15) is 12.0 Å². The van der Waals surface area contributed by atoms with Gasteiger partial charge in [-0.3, -0.25) is 9.69 Å². The molecule has 2 saturated heterocycles. The molecule has 4 nitrogen and oxygen atoms in total. The van der Waals surface area contributed by atoms with Crippen molar-refractivity contribution in [1.29, 1.82) is 0 Å². The Hall–Kier alpha value is -1.39. The molecule has 6 atom stereocenters. The zero-order chi connectivity index (χ0) is 15.3. The predicted molar refractivity (Wildman–Crippen MR) is 82.3 cm³/mol. The van der Waals surface area contributed by atoms with Gasteiger partial charge >= 0.3 is 5.97 Å². The topological polar surface area (TPSA) is 49.8 Å². The zero-order valence-electron chi connectivity index (χ0n) is 12.9. The maximum atomic E-state index is 12.5. The van der Waals surface area contributed by atoms with E-state index in [0.717, 1.165) is 30.2 Å². The van der Waals surface area contributed by atoms with Crippen molar-refractivity contribution in [3.05, 3.63) is 35.9 Å². The fourth-order valence-electron chi connectivity index (χ4n) is 4.63. The lowest BCUT2D eigenvalue weighted by atomic mass is 9.95. The predicted octanol–water partition coefficient (Wildman–Crippen LogP) is 1.79. The Morgan fingerprint density at radius 2 is 1.86 bits per heavy atom. The van der Waals surface area contributed by atoms with Crippen LogP contribution in [0.3, 0.4) is 0 Å². The van der Waals surface area contributed by atoms with E-state index in [-0.39, 0.29) is 18.7 Å². The molecule has 1 aliphatic carbocycles. The molecule has 0 radical (unpaired) electrons. The first-order valence-electron chi connectivity index (χ1n) is 8.27. The number of carbonyl (C=O) groups is 1. The van der Waals surface area contributed by atoms with Crippen molar-refractivity contribution in [1.82, 2.24) is 4.90 Å². The van der Waals surface area contributed by atoms with Gasteiger partial charge in [-0.05, 0) is 30.9 Å². The van der Waals surface area contributed by atoms with E-state index in [1.807, 2.05) is 30.3 Å². The smallest absolute Gasteiger partial charge is 0.316 e. The summed E-state index contributed by atoms with van der Waals surface area (Å²) in [6.07, 6.45) is 3.29. The third-order valence-electron chi connectivity index (χ3n) is 5.89. The van der Waals surface area contributed by atoms with Crippen LogP contribution >= 0.6 is 0 Å². The Bertz CT molecular complexity index is 543. The van der Waals surface area contributed by atoms with Crippen molar-refractivity contribution in [2.24, 2.45) is 11.8 Å². The van der Waals surface area contributed by atoms with Gasteiger partial charge in [0.25, 0.3) is 0 Å². The zero-order valence-corrected chi connectivity index (χ0v) is 12.9. The van der Waals surface area contributed by atoms with Gasteiger partial charge in [-0.15, -0.1) is 0 Å². The minimum atomic E-state index is -0.562. The van der Waals surface area contributed by atoms with E-state index in [2.05, 4.69) is 11.9 Å². The van der Waals surface area contributed by atoms with E-state index in [1.165, 1.54) is 6.42 Å². The molecule has 22 heavy (non-hydrogen) atoms. The molecule has 0 amide bonds. The summed E-state index contributed by atoms with van der Waals surface area (Å²) in [5.41, 5.74) is 0.828. The largest absolute Gasteiger partial charge is 0.462 e. The highest BCUT2D eigenvalue weighted by Gasteiger charge is 2.60. The quantitative estimate of drug-likeness (QED) is 0.861. The molecule has 4 rings (SSSR count). The maximum Gasteiger partial charge on any atom is 0.316 e. The van der Waals surface area contributed by atoms with E-state index in [9.17, 15) is 9.90 Å². The van der Waals surface area contributed by atoms with Crippen LogP contribution < -0.4 is 0 Å². The number of fused-ring (bicyclic) bond motifs is 5. The Morgan fingerprint density at radius 1 is 1.23 bits per heavy atom. The number of nitrogens with zero attached hydrogens (tertiary/aromatic N) is 1. The number of ether oxygens (including phenoxy) is 1. The van der Waals surface area contributed by atoms with Crippen LogP contribution in [-0.2, 0) is 9.53 Å². The summed E-state index contributed by atoms with van der Waals surface area (Å²) in [6.45, 7) is -0.201. The van der Waals surface area contributed by atoms with Crippen LogP contribution in [0.5, 0.6) is 0 Å². The molecule has 4 heteroatoms. The highest BCUT2D eigenvalue weighted by Crippen LogP contribution is 2.58. The van der Waals surface area contributed by atoms with Crippen LogP contribution in [-0.4, -0.2) is 47.8 Å². The number of piperidine rings is 2. The molecule has 1 N–H and O–H groups in total. The number of aliphatic hydroxyl groups excluding tert-OH is 1.